The van der Waals surface area contributed by atoms with Gasteiger partial charge in [-0.15, -0.1) is 0 Å². The fourth-order valence-electron chi connectivity index (χ4n) is 8.21. The molecular formula is C43H66N2O2. The summed E-state index contributed by atoms with van der Waals surface area (Å²) in [6.07, 6.45) is 22.0. The molecule has 2 fully saturated rings. The lowest BCUT2D eigenvalue weighted by molar-refractivity contribution is -0.272. The Morgan fingerprint density at radius 2 is 0.745 bits per heavy atom. The van der Waals surface area contributed by atoms with E-state index in [2.05, 4.69) is 114 Å². The number of para-hydroxylation sites is 2. The zero-order valence-electron chi connectivity index (χ0n) is 31.2. The van der Waals surface area contributed by atoms with Crippen LogP contribution < -0.4 is 9.80 Å². The third-order valence-electron chi connectivity index (χ3n) is 10.9. The summed E-state index contributed by atoms with van der Waals surface area (Å²) in [7, 11) is 0. The molecule has 1 heterocycles. The SMILES string of the molecule is CC(C)c1cccc(C(C)C)c1N1C=CN(c2c(C(C)C)cccc2C(C)C)C1(OC1CCCCCCC1)OC1CCCCCCC1. The summed E-state index contributed by atoms with van der Waals surface area (Å²) in [6, 6.07) is 12.7. The minimum atomic E-state index is -1.11. The second kappa shape index (κ2) is 16.4. The van der Waals surface area contributed by atoms with Crippen molar-refractivity contribution in [3.8, 4) is 0 Å². The fourth-order valence-corrected chi connectivity index (χ4v) is 8.21. The van der Waals surface area contributed by atoms with Crippen LogP contribution in [-0.4, -0.2) is 18.2 Å². The van der Waals surface area contributed by atoms with Crippen LogP contribution in [0.1, 0.15) is 191 Å². The molecule has 4 heteroatoms. The zero-order valence-corrected chi connectivity index (χ0v) is 31.2. The first-order chi connectivity index (χ1) is 22.6. The van der Waals surface area contributed by atoms with Gasteiger partial charge in [-0.05, 0) is 71.6 Å². The van der Waals surface area contributed by atoms with Gasteiger partial charge in [0, 0.05) is 12.4 Å². The van der Waals surface area contributed by atoms with Gasteiger partial charge in [-0.1, -0.05) is 156 Å². The molecule has 5 rings (SSSR count). The molecule has 1 aliphatic heterocycles. The number of ether oxygens (including phenoxy) is 2. The first-order valence-corrected chi connectivity index (χ1v) is 19.5. The molecular weight excluding hydrogens is 576 g/mol. The van der Waals surface area contributed by atoms with Crippen molar-refractivity contribution in [2.24, 2.45) is 0 Å². The molecule has 0 N–H and O–H groups in total. The summed E-state index contributed by atoms with van der Waals surface area (Å²) in [6.45, 7) is 18.7. The molecule has 0 aromatic heterocycles. The molecule has 47 heavy (non-hydrogen) atoms. The average molecular weight is 643 g/mol. The zero-order chi connectivity index (χ0) is 33.6. The molecule has 3 aliphatic rings. The summed E-state index contributed by atoms with van der Waals surface area (Å²) in [4.78, 5) is 4.91. The summed E-state index contributed by atoms with van der Waals surface area (Å²) in [5, 5.41) is 0. The van der Waals surface area contributed by atoms with E-state index in [-0.39, 0.29) is 12.2 Å². The maximum absolute atomic E-state index is 7.79. The van der Waals surface area contributed by atoms with Crippen LogP contribution in [0.2, 0.25) is 0 Å². The number of hydrogen-bond acceptors (Lipinski definition) is 4. The largest absolute Gasteiger partial charge is 0.351 e. The molecule has 2 aliphatic carbocycles. The molecule has 2 saturated carbocycles. The summed E-state index contributed by atoms with van der Waals surface area (Å²) in [5.74, 6) is 1.45. The number of rotatable bonds is 10. The van der Waals surface area contributed by atoms with Crippen molar-refractivity contribution in [2.75, 3.05) is 9.80 Å². The maximum Gasteiger partial charge on any atom is 0.351 e. The van der Waals surface area contributed by atoms with Gasteiger partial charge in [0.1, 0.15) is 0 Å². The quantitative estimate of drug-likeness (QED) is 0.241. The standard InChI is InChI=1S/C43H66N2O2/c1-31(2)37-25-19-26-38(32(3)4)41(37)44-29-30-45(42-39(33(5)6)27-20-28-40(42)34(7)8)43(44,46-35-21-15-11-9-12-16-22-35)47-36-23-17-13-10-14-18-24-36/h19-20,25-36H,9-18,21-24H2,1-8H3. The van der Waals surface area contributed by atoms with Crippen LogP contribution >= 0.6 is 0 Å². The van der Waals surface area contributed by atoms with Crippen LogP contribution in [0.15, 0.2) is 48.8 Å². The van der Waals surface area contributed by atoms with Gasteiger partial charge in [0.05, 0.1) is 23.6 Å². The van der Waals surface area contributed by atoms with Crippen molar-refractivity contribution in [3.05, 3.63) is 71.1 Å². The van der Waals surface area contributed by atoms with Crippen molar-refractivity contribution in [1.29, 1.82) is 0 Å². The van der Waals surface area contributed by atoms with Crippen molar-refractivity contribution in [1.82, 2.24) is 0 Å². The van der Waals surface area contributed by atoms with Gasteiger partial charge in [-0.3, -0.25) is 9.80 Å². The molecule has 260 valence electrons. The van der Waals surface area contributed by atoms with Gasteiger partial charge in [0.15, 0.2) is 0 Å². The number of anilines is 2. The lowest BCUT2D eigenvalue weighted by Crippen LogP contribution is -2.62. The molecule has 2 aromatic carbocycles. The van der Waals surface area contributed by atoms with Crippen LogP contribution in [0.3, 0.4) is 0 Å². The normalized spacial score (nSPS) is 20.3. The van der Waals surface area contributed by atoms with Crippen LogP contribution in [0.5, 0.6) is 0 Å². The van der Waals surface area contributed by atoms with E-state index < -0.39 is 6.03 Å². The smallest absolute Gasteiger partial charge is 0.311 e. The van der Waals surface area contributed by atoms with Gasteiger partial charge < -0.3 is 9.47 Å². The van der Waals surface area contributed by atoms with Gasteiger partial charge in [-0.25, -0.2) is 0 Å². The highest BCUT2D eigenvalue weighted by atomic mass is 16.8. The summed E-state index contributed by atoms with van der Waals surface area (Å²) in [5.41, 5.74) is 7.96. The monoisotopic (exact) mass is 643 g/mol. The average Bonchev–Trinajstić information content (AvgIpc) is 3.36. The van der Waals surface area contributed by atoms with Crippen LogP contribution in [0.4, 0.5) is 11.4 Å². The van der Waals surface area contributed by atoms with E-state index in [0.717, 1.165) is 25.7 Å². The topological polar surface area (TPSA) is 24.9 Å². The Morgan fingerprint density at radius 3 is 1.02 bits per heavy atom. The minimum Gasteiger partial charge on any atom is -0.311 e. The molecule has 2 aromatic rings. The summed E-state index contributed by atoms with van der Waals surface area (Å²) < 4.78 is 15.6. The van der Waals surface area contributed by atoms with E-state index in [4.69, 9.17) is 9.47 Å². The lowest BCUT2D eigenvalue weighted by Gasteiger charge is -2.49. The highest BCUT2D eigenvalue weighted by molar-refractivity contribution is 5.72. The number of hydrogen-bond donors (Lipinski definition) is 0. The van der Waals surface area contributed by atoms with E-state index in [1.807, 2.05) is 0 Å². The van der Waals surface area contributed by atoms with Crippen molar-refractivity contribution >= 4 is 11.4 Å². The Bertz CT molecular complexity index is 1140. The maximum atomic E-state index is 7.79. The summed E-state index contributed by atoms with van der Waals surface area (Å²) >= 11 is 0. The Hall–Kier alpha value is -2.30. The highest BCUT2D eigenvalue weighted by Gasteiger charge is 2.53. The molecule has 0 radical (unpaired) electrons. The third-order valence-corrected chi connectivity index (χ3v) is 10.9. The first-order valence-electron chi connectivity index (χ1n) is 19.5. The highest BCUT2D eigenvalue weighted by Crippen LogP contribution is 2.50. The first kappa shape index (κ1) is 36.0. The van der Waals surface area contributed by atoms with Crippen molar-refractivity contribution < 1.29 is 9.47 Å². The van der Waals surface area contributed by atoms with E-state index in [9.17, 15) is 0 Å². The van der Waals surface area contributed by atoms with Gasteiger partial charge in [-0.2, -0.15) is 0 Å². The van der Waals surface area contributed by atoms with Crippen LogP contribution in [-0.2, 0) is 9.47 Å². The van der Waals surface area contributed by atoms with Gasteiger partial charge >= 0.3 is 6.03 Å². The Morgan fingerprint density at radius 1 is 0.468 bits per heavy atom. The molecule has 0 unspecified atom stereocenters. The molecule has 0 saturated heterocycles. The molecule has 0 spiro atoms. The van der Waals surface area contributed by atoms with E-state index in [1.165, 1.54) is 97.8 Å². The third kappa shape index (κ3) is 8.13. The van der Waals surface area contributed by atoms with Gasteiger partial charge in [0.2, 0.25) is 0 Å². The number of benzene rings is 2. The van der Waals surface area contributed by atoms with E-state index in [0.29, 0.717) is 23.7 Å². The minimum absolute atomic E-state index is 0.135. The molecule has 0 amide bonds. The van der Waals surface area contributed by atoms with Crippen molar-refractivity contribution in [2.45, 2.75) is 187 Å². The van der Waals surface area contributed by atoms with Gasteiger partial charge in [0.25, 0.3) is 0 Å². The predicted molar refractivity (Wildman–Crippen MR) is 200 cm³/mol. The van der Waals surface area contributed by atoms with E-state index >= 15 is 0 Å². The molecule has 4 nitrogen and oxygen atoms in total. The second-order valence-corrected chi connectivity index (χ2v) is 15.9. The second-order valence-electron chi connectivity index (χ2n) is 15.9. The van der Waals surface area contributed by atoms with E-state index in [1.54, 1.807) is 0 Å². The fraction of sp³-hybridized carbons (Fsp3) is 0.674. The van der Waals surface area contributed by atoms with Crippen LogP contribution in [0, 0.1) is 0 Å². The lowest BCUT2D eigenvalue weighted by atomic mass is 9.91. The molecule has 0 atom stereocenters. The predicted octanol–water partition coefficient (Wildman–Crippen LogP) is 12.8. The molecule has 0 bridgehead atoms. The van der Waals surface area contributed by atoms with Crippen LogP contribution in [0.25, 0.3) is 0 Å². The van der Waals surface area contributed by atoms with Crippen molar-refractivity contribution in [3.63, 3.8) is 0 Å². The number of nitrogens with zero attached hydrogens (tertiary/aromatic N) is 2. The Balaban J connectivity index is 1.78. The Labute approximate surface area is 288 Å². The Kier molecular flexibility index (Phi) is 12.6.